The molecule has 4 heteroatoms. The quantitative estimate of drug-likeness (QED) is 0.552. The molecule has 3 atom stereocenters. The Morgan fingerprint density at radius 2 is 2.36 bits per heavy atom. The van der Waals surface area contributed by atoms with Gasteiger partial charge in [0.05, 0.1) is 0 Å². The van der Waals surface area contributed by atoms with Crippen LogP contribution in [0.4, 0.5) is 4.79 Å². The van der Waals surface area contributed by atoms with Crippen molar-refractivity contribution in [2.24, 2.45) is 5.92 Å². The first-order valence-electron chi connectivity index (χ1n) is 3.91. The molecule has 62 valence electrons. The Hall–Kier alpha value is -0.770. The number of rotatable bonds is 1. The van der Waals surface area contributed by atoms with Gasteiger partial charge in [-0.25, -0.2) is 4.79 Å². The maximum atomic E-state index is 10.2. The Labute approximate surface area is 64.5 Å². The van der Waals surface area contributed by atoms with Gasteiger partial charge in [0.15, 0.2) is 6.23 Å². The van der Waals surface area contributed by atoms with Crippen LogP contribution in [0.5, 0.6) is 0 Å². The van der Waals surface area contributed by atoms with Crippen LogP contribution < -0.4 is 5.32 Å². The van der Waals surface area contributed by atoms with Crippen LogP contribution in [0.3, 0.4) is 0 Å². The van der Waals surface area contributed by atoms with E-state index in [9.17, 15) is 4.79 Å². The Balaban J connectivity index is 1.92. The highest BCUT2D eigenvalue weighted by molar-refractivity contribution is 5.57. The van der Waals surface area contributed by atoms with E-state index >= 15 is 0 Å². The molecule has 0 amide bonds. The predicted molar refractivity (Wildman–Crippen MR) is 37.2 cm³/mol. The fraction of sp³-hybridized carbons (Fsp3) is 0.857. The molecule has 1 saturated carbocycles. The van der Waals surface area contributed by atoms with Crippen LogP contribution in [0.2, 0.25) is 0 Å². The molecular formula is C7H11NO3. The van der Waals surface area contributed by atoms with E-state index in [1.165, 1.54) is 6.42 Å². The van der Waals surface area contributed by atoms with E-state index in [0.29, 0.717) is 12.0 Å². The summed E-state index contributed by atoms with van der Waals surface area (Å²) in [7, 11) is 0. The summed E-state index contributed by atoms with van der Waals surface area (Å²) in [6.07, 6.45) is 1.96. The van der Waals surface area contributed by atoms with Gasteiger partial charge >= 0.3 is 6.16 Å². The van der Waals surface area contributed by atoms with Gasteiger partial charge in [0.2, 0.25) is 0 Å². The van der Waals surface area contributed by atoms with Gasteiger partial charge in [-0.05, 0) is 19.3 Å². The van der Waals surface area contributed by atoms with Gasteiger partial charge in [0, 0.05) is 12.0 Å². The Kier molecular flexibility index (Phi) is 1.49. The van der Waals surface area contributed by atoms with E-state index in [-0.39, 0.29) is 6.23 Å². The number of ether oxygens (including phenoxy) is 1. The Morgan fingerprint density at radius 1 is 1.55 bits per heavy atom. The number of carboxylic acid groups (broad SMARTS) is 1. The molecule has 11 heavy (non-hydrogen) atoms. The summed E-state index contributed by atoms with van der Waals surface area (Å²) < 4.78 is 4.65. The van der Waals surface area contributed by atoms with Crippen molar-refractivity contribution in [3.63, 3.8) is 0 Å². The van der Waals surface area contributed by atoms with Crippen LogP contribution in [0.1, 0.15) is 19.3 Å². The van der Waals surface area contributed by atoms with Crippen LogP contribution in [-0.4, -0.2) is 23.5 Å². The van der Waals surface area contributed by atoms with E-state index in [1.807, 2.05) is 0 Å². The molecule has 0 aromatic carbocycles. The zero-order valence-corrected chi connectivity index (χ0v) is 6.12. The molecule has 2 bridgehead atoms. The molecule has 2 fully saturated rings. The number of hydrogen-bond acceptors (Lipinski definition) is 3. The first-order chi connectivity index (χ1) is 5.25. The second-order valence-electron chi connectivity index (χ2n) is 3.24. The molecule has 1 aliphatic heterocycles. The van der Waals surface area contributed by atoms with E-state index < -0.39 is 6.16 Å². The monoisotopic (exact) mass is 157 g/mol. The fourth-order valence-corrected chi connectivity index (χ4v) is 2.05. The lowest BCUT2D eigenvalue weighted by Gasteiger charge is -2.21. The molecular weight excluding hydrogens is 146 g/mol. The highest BCUT2D eigenvalue weighted by atomic mass is 16.7. The molecule has 1 saturated heterocycles. The predicted octanol–water partition coefficient (Wildman–Crippen LogP) is 0.779. The van der Waals surface area contributed by atoms with E-state index in [1.54, 1.807) is 0 Å². The zero-order valence-electron chi connectivity index (χ0n) is 6.12. The maximum absolute atomic E-state index is 10.2. The van der Waals surface area contributed by atoms with Crippen molar-refractivity contribution in [3.05, 3.63) is 0 Å². The average Bonchev–Trinajstić information content (AvgIpc) is 2.45. The minimum absolute atomic E-state index is 0.230. The first kappa shape index (κ1) is 6.91. The van der Waals surface area contributed by atoms with Crippen LogP contribution in [0, 0.1) is 5.92 Å². The molecule has 2 N–H and O–H groups in total. The second kappa shape index (κ2) is 2.37. The minimum Gasteiger partial charge on any atom is -0.450 e. The van der Waals surface area contributed by atoms with Gasteiger partial charge in [0.25, 0.3) is 0 Å². The third kappa shape index (κ3) is 1.18. The van der Waals surface area contributed by atoms with Crippen LogP contribution in [-0.2, 0) is 4.74 Å². The van der Waals surface area contributed by atoms with Crippen molar-refractivity contribution in [3.8, 4) is 0 Å². The average molecular weight is 157 g/mol. The van der Waals surface area contributed by atoms with E-state index in [4.69, 9.17) is 5.11 Å². The molecule has 4 nitrogen and oxygen atoms in total. The first-order valence-corrected chi connectivity index (χ1v) is 3.91. The van der Waals surface area contributed by atoms with Crippen molar-refractivity contribution in [1.29, 1.82) is 0 Å². The third-order valence-corrected chi connectivity index (χ3v) is 2.53. The Morgan fingerprint density at radius 3 is 2.82 bits per heavy atom. The number of nitrogens with one attached hydrogen (secondary N) is 1. The van der Waals surface area contributed by atoms with Gasteiger partial charge in [-0.1, -0.05) is 0 Å². The SMILES string of the molecule is O=C(O)OC1NC2CCC1C2. The summed E-state index contributed by atoms with van der Waals surface area (Å²) in [6, 6.07) is 0.504. The lowest BCUT2D eigenvalue weighted by atomic mass is 10.1. The lowest BCUT2D eigenvalue weighted by Crippen LogP contribution is -2.38. The van der Waals surface area contributed by atoms with Crippen molar-refractivity contribution >= 4 is 6.16 Å². The van der Waals surface area contributed by atoms with E-state index in [0.717, 1.165) is 12.8 Å². The van der Waals surface area contributed by atoms with Crippen LogP contribution >= 0.6 is 0 Å². The van der Waals surface area contributed by atoms with Gasteiger partial charge in [-0.2, -0.15) is 0 Å². The van der Waals surface area contributed by atoms with Crippen LogP contribution in [0.25, 0.3) is 0 Å². The van der Waals surface area contributed by atoms with Gasteiger partial charge < -0.3 is 9.84 Å². The molecule has 2 rings (SSSR count). The molecule has 0 aromatic heterocycles. The molecule has 0 spiro atoms. The summed E-state index contributed by atoms with van der Waals surface area (Å²) in [5, 5.41) is 11.5. The standard InChI is InChI=1S/C7H11NO3/c9-7(10)11-6-4-1-2-5(3-4)8-6/h4-6,8H,1-3H2,(H,9,10). The van der Waals surface area contributed by atoms with Crippen molar-refractivity contribution in [2.75, 3.05) is 0 Å². The largest absolute Gasteiger partial charge is 0.507 e. The van der Waals surface area contributed by atoms with E-state index in [2.05, 4.69) is 10.1 Å². The molecule has 1 heterocycles. The number of fused-ring (bicyclic) bond motifs is 2. The fourth-order valence-electron chi connectivity index (χ4n) is 2.05. The van der Waals surface area contributed by atoms with Gasteiger partial charge in [-0.15, -0.1) is 0 Å². The maximum Gasteiger partial charge on any atom is 0.507 e. The third-order valence-electron chi connectivity index (χ3n) is 2.53. The molecule has 1 aliphatic carbocycles. The van der Waals surface area contributed by atoms with Crippen molar-refractivity contribution < 1.29 is 14.6 Å². The normalized spacial score (nSPS) is 40.9. The zero-order chi connectivity index (χ0) is 7.84. The van der Waals surface area contributed by atoms with Gasteiger partial charge in [-0.3, -0.25) is 5.32 Å². The highest BCUT2D eigenvalue weighted by Crippen LogP contribution is 2.35. The van der Waals surface area contributed by atoms with Crippen LogP contribution in [0.15, 0.2) is 0 Å². The van der Waals surface area contributed by atoms with Crippen molar-refractivity contribution in [2.45, 2.75) is 31.5 Å². The number of hydrogen-bond donors (Lipinski definition) is 2. The lowest BCUT2D eigenvalue weighted by molar-refractivity contribution is 0.0165. The number of carbonyl (C=O) groups is 1. The highest BCUT2D eigenvalue weighted by Gasteiger charge is 2.41. The summed E-state index contributed by atoms with van der Waals surface area (Å²) >= 11 is 0. The molecule has 2 aliphatic rings. The van der Waals surface area contributed by atoms with Gasteiger partial charge in [0.1, 0.15) is 0 Å². The summed E-state index contributed by atoms with van der Waals surface area (Å²) in [6.45, 7) is 0. The second-order valence-corrected chi connectivity index (χ2v) is 3.24. The molecule has 0 radical (unpaired) electrons. The smallest absolute Gasteiger partial charge is 0.450 e. The summed E-state index contributed by atoms with van der Waals surface area (Å²) in [5.74, 6) is 0.427. The molecule has 3 unspecified atom stereocenters. The van der Waals surface area contributed by atoms with Crippen molar-refractivity contribution in [1.82, 2.24) is 5.32 Å². The minimum atomic E-state index is -1.17. The molecule has 0 aromatic rings. The topological polar surface area (TPSA) is 58.6 Å². The number of piperidine rings is 1. The summed E-state index contributed by atoms with van der Waals surface area (Å²) in [5.41, 5.74) is 0. The summed E-state index contributed by atoms with van der Waals surface area (Å²) in [4.78, 5) is 10.2. The Bertz CT molecular complexity index is 183.